The standard InChI is InChI=1S/C2H5O2Si.O.Ti/c1-2-5(3)4;;/h2-4H,1H2;;. The van der Waals surface area contributed by atoms with Crippen LogP contribution in [-0.2, 0) is 23.7 Å². The van der Waals surface area contributed by atoms with Crippen LogP contribution in [0.4, 0.5) is 0 Å². The molecule has 0 saturated heterocycles. The van der Waals surface area contributed by atoms with Gasteiger partial charge in [0.15, 0.2) is 0 Å². The van der Waals surface area contributed by atoms with Crippen molar-refractivity contribution in [3.63, 3.8) is 0 Å². The summed E-state index contributed by atoms with van der Waals surface area (Å²) in [6.07, 6.45) is 0. The van der Waals surface area contributed by atoms with Crippen molar-refractivity contribution in [3.8, 4) is 0 Å². The Bertz CT molecular complexity index is 48.2. The summed E-state index contributed by atoms with van der Waals surface area (Å²) in [6, 6.07) is 0. The first kappa shape index (κ1) is 10.4. The van der Waals surface area contributed by atoms with Crippen LogP contribution in [0, 0.1) is 0 Å². The van der Waals surface area contributed by atoms with Gasteiger partial charge in [-0.1, -0.05) is 0 Å². The molecule has 0 aromatic heterocycles. The Labute approximate surface area is 55.2 Å². The number of rotatable bonds is 1. The third kappa shape index (κ3) is 21.6. The van der Waals surface area contributed by atoms with Gasteiger partial charge in [0.2, 0.25) is 0 Å². The molecule has 0 rings (SSSR count). The molecule has 0 fully saturated rings. The van der Waals surface area contributed by atoms with Gasteiger partial charge in [-0.25, -0.2) is 0 Å². The molecule has 0 heterocycles. The van der Waals surface area contributed by atoms with Gasteiger partial charge in [0.1, 0.15) is 0 Å². The monoisotopic (exact) mass is 153 g/mol. The molecular formula is C2H5O3SiTi. The van der Waals surface area contributed by atoms with Crippen LogP contribution in [-0.4, -0.2) is 18.9 Å². The summed E-state index contributed by atoms with van der Waals surface area (Å²) in [4.78, 5) is 15.8. The van der Waals surface area contributed by atoms with E-state index in [0.29, 0.717) is 0 Å². The molecule has 0 aliphatic heterocycles. The molecule has 0 aromatic carbocycles. The Morgan fingerprint density at radius 2 is 1.71 bits per heavy atom. The van der Waals surface area contributed by atoms with Crippen molar-refractivity contribution in [1.82, 2.24) is 0 Å². The van der Waals surface area contributed by atoms with E-state index in [0.717, 1.165) is 26.1 Å². The Balaban J connectivity index is 0. The van der Waals surface area contributed by atoms with Gasteiger partial charge in [-0.05, 0) is 5.70 Å². The fraction of sp³-hybridized carbons (Fsp3) is 0. The van der Waals surface area contributed by atoms with Crippen LogP contribution in [0.2, 0.25) is 0 Å². The number of hydrogen-bond donors (Lipinski definition) is 2. The first-order valence-electron chi connectivity index (χ1n) is 1.35. The van der Waals surface area contributed by atoms with Crippen LogP contribution in [0.25, 0.3) is 0 Å². The van der Waals surface area contributed by atoms with Crippen molar-refractivity contribution >= 4 is 9.28 Å². The van der Waals surface area contributed by atoms with E-state index < -0.39 is 9.28 Å². The normalized spacial score (nSPS) is 6.57. The summed E-state index contributed by atoms with van der Waals surface area (Å²) in [5.74, 6) is 0. The first-order chi connectivity index (χ1) is 3.27. The fourth-order valence-electron chi connectivity index (χ4n) is 0. The van der Waals surface area contributed by atoms with Gasteiger partial charge in [-0.15, -0.1) is 6.58 Å². The molecule has 0 atom stereocenters. The van der Waals surface area contributed by atoms with E-state index in [-0.39, 0.29) is 0 Å². The maximum atomic E-state index is 8.25. The molecule has 1 radical (unpaired) electrons. The topological polar surface area (TPSA) is 57.5 Å². The minimum atomic E-state index is -2.11. The van der Waals surface area contributed by atoms with Crippen LogP contribution in [0.3, 0.4) is 0 Å². The molecule has 0 aliphatic carbocycles. The molecular weight excluding hydrogens is 148 g/mol. The second-order valence-corrected chi connectivity index (χ2v) is 1.69. The summed E-state index contributed by atoms with van der Waals surface area (Å²) in [5.41, 5.74) is 1.13. The Morgan fingerprint density at radius 3 is 1.71 bits per heavy atom. The van der Waals surface area contributed by atoms with Crippen molar-refractivity contribution in [3.05, 3.63) is 12.3 Å². The third-order valence-corrected chi connectivity index (χ3v) is 0.548. The summed E-state index contributed by atoms with van der Waals surface area (Å²) >= 11 is 0.750. The molecule has 0 bridgehead atoms. The van der Waals surface area contributed by atoms with Gasteiger partial charge in [-0.3, -0.25) is 0 Å². The second-order valence-electron chi connectivity index (χ2n) is 0.562. The summed E-state index contributed by atoms with van der Waals surface area (Å²) in [6.45, 7) is 3.11. The van der Waals surface area contributed by atoms with Crippen molar-refractivity contribution in [1.29, 1.82) is 0 Å². The average molecular weight is 153 g/mol. The van der Waals surface area contributed by atoms with E-state index in [4.69, 9.17) is 12.9 Å². The summed E-state index contributed by atoms with van der Waals surface area (Å²) in [7, 11) is -2.11. The van der Waals surface area contributed by atoms with Crippen LogP contribution in [0.15, 0.2) is 12.3 Å². The van der Waals surface area contributed by atoms with Gasteiger partial charge < -0.3 is 9.59 Å². The average Bonchev–Trinajstić information content (AvgIpc) is 1.73. The Hall–Kier alpha value is 0.391. The van der Waals surface area contributed by atoms with Gasteiger partial charge >= 0.3 is 33.0 Å². The molecule has 0 saturated carbocycles. The molecule has 2 N–H and O–H groups in total. The molecule has 5 heteroatoms. The summed E-state index contributed by atoms with van der Waals surface area (Å²) < 4.78 is 8.25. The van der Waals surface area contributed by atoms with Crippen molar-refractivity contribution < 1.29 is 33.3 Å². The van der Waals surface area contributed by atoms with Gasteiger partial charge in [0.05, 0.1) is 0 Å². The zero-order valence-electron chi connectivity index (χ0n) is 3.59. The van der Waals surface area contributed by atoms with E-state index in [1.165, 1.54) is 0 Å². The Kier molecular flexibility index (Phi) is 14.3. The predicted molar refractivity (Wildman–Crippen MR) is 21.1 cm³/mol. The van der Waals surface area contributed by atoms with Crippen molar-refractivity contribution in [2.45, 2.75) is 0 Å². The van der Waals surface area contributed by atoms with Crippen LogP contribution in [0.1, 0.15) is 0 Å². The predicted octanol–water partition coefficient (Wildman–Crippen LogP) is -0.937. The zero-order valence-corrected chi connectivity index (χ0v) is 6.15. The Morgan fingerprint density at radius 1 is 1.57 bits per heavy atom. The number of hydrogen-bond acceptors (Lipinski definition) is 3. The molecule has 0 spiro atoms. The summed E-state index contributed by atoms with van der Waals surface area (Å²) in [5, 5.41) is 0. The fourth-order valence-corrected chi connectivity index (χ4v) is 0. The third-order valence-electron chi connectivity index (χ3n) is 0.183. The van der Waals surface area contributed by atoms with E-state index >= 15 is 0 Å². The quantitative estimate of drug-likeness (QED) is 0.478. The zero-order chi connectivity index (χ0) is 6.28. The van der Waals surface area contributed by atoms with Gasteiger partial charge in [0.25, 0.3) is 0 Å². The van der Waals surface area contributed by atoms with E-state index in [9.17, 15) is 0 Å². The van der Waals surface area contributed by atoms with E-state index in [1.54, 1.807) is 0 Å². The molecule has 0 amide bonds. The maximum absolute atomic E-state index is 8.25. The van der Waals surface area contributed by atoms with Crippen LogP contribution >= 0.6 is 0 Å². The molecule has 0 unspecified atom stereocenters. The van der Waals surface area contributed by atoms with E-state index in [1.807, 2.05) is 0 Å². The molecule has 39 valence electrons. The molecule has 3 nitrogen and oxygen atoms in total. The van der Waals surface area contributed by atoms with Crippen molar-refractivity contribution in [2.24, 2.45) is 0 Å². The van der Waals surface area contributed by atoms with Gasteiger partial charge in [-0.2, -0.15) is 0 Å². The van der Waals surface area contributed by atoms with Crippen molar-refractivity contribution in [2.75, 3.05) is 0 Å². The SMILES string of the molecule is C=C[Si](O)O.[O]=[Ti]. The molecule has 0 aliphatic rings. The second kappa shape index (κ2) is 9.63. The molecule has 7 heavy (non-hydrogen) atoms. The first-order valence-corrected chi connectivity index (χ1v) is 3.46. The van der Waals surface area contributed by atoms with Crippen LogP contribution < -0.4 is 0 Å². The minimum absolute atomic E-state index is 0.750. The van der Waals surface area contributed by atoms with Gasteiger partial charge in [0, 0.05) is 0 Å². The van der Waals surface area contributed by atoms with E-state index in [2.05, 4.69) is 6.58 Å². The van der Waals surface area contributed by atoms with Crippen LogP contribution in [0.5, 0.6) is 0 Å². The molecule has 0 aromatic rings.